The van der Waals surface area contributed by atoms with Crippen LogP contribution >= 0.6 is 0 Å². The molecule has 3 heteroatoms. The van der Waals surface area contributed by atoms with Gasteiger partial charge < -0.3 is 9.64 Å². The molecule has 0 atom stereocenters. The van der Waals surface area contributed by atoms with Crippen LogP contribution < -0.4 is 10.2 Å². The summed E-state index contributed by atoms with van der Waals surface area (Å²) >= 11 is 0. The molecule has 3 aromatic rings. The predicted octanol–water partition coefficient (Wildman–Crippen LogP) is 7.55. The fourth-order valence-corrected chi connectivity index (χ4v) is 4.41. The zero-order valence-electron chi connectivity index (χ0n) is 24.4. The molecule has 0 aromatic heterocycles. The molecule has 0 heterocycles. The van der Waals surface area contributed by atoms with Crippen molar-refractivity contribution in [3.8, 4) is 5.75 Å². The van der Waals surface area contributed by atoms with E-state index >= 15 is 0 Å². The van der Waals surface area contributed by atoms with Crippen molar-refractivity contribution in [3.05, 3.63) is 95.6 Å². The maximum atomic E-state index is 5.96. The molecule has 0 radical (unpaired) electrons. The summed E-state index contributed by atoms with van der Waals surface area (Å²) in [5.41, 5.74) is 8.42. The van der Waals surface area contributed by atoms with E-state index in [2.05, 4.69) is 139 Å². The first kappa shape index (κ1) is 28.8. The van der Waals surface area contributed by atoms with Gasteiger partial charge in [-0.25, -0.2) is 0 Å². The van der Waals surface area contributed by atoms with Crippen LogP contribution in [-0.4, -0.2) is 39.4 Å². The standard InChI is InChI=1S/C34H46BNO/c1-9-31(26-13-11-10-12-14-26)32(28-17-21-30(22-18-28)37-24-23-36(7)8)27-15-19-29(20-16-27)35-25-34(5,6)33(2,3)4/h10-22,35H,9,23-25H2,1-8H3/b32-31-. The first-order chi connectivity index (χ1) is 17.5. The van der Waals surface area contributed by atoms with E-state index in [-0.39, 0.29) is 10.8 Å². The molecule has 3 aromatic carbocycles. The van der Waals surface area contributed by atoms with Gasteiger partial charge in [0, 0.05) is 6.54 Å². The summed E-state index contributed by atoms with van der Waals surface area (Å²) in [4.78, 5) is 2.14. The number of hydrogen-bond donors (Lipinski definition) is 0. The molecule has 2 nitrogen and oxygen atoms in total. The third-order valence-corrected chi connectivity index (χ3v) is 8.04. The Kier molecular flexibility index (Phi) is 9.84. The number of nitrogens with zero attached hydrogens (tertiary/aromatic N) is 1. The molecule has 0 saturated carbocycles. The van der Waals surface area contributed by atoms with Crippen LogP contribution in [0.25, 0.3) is 11.1 Å². The molecule has 0 amide bonds. The van der Waals surface area contributed by atoms with Crippen LogP contribution in [-0.2, 0) is 0 Å². The van der Waals surface area contributed by atoms with Gasteiger partial charge in [-0.05, 0) is 71.3 Å². The maximum Gasteiger partial charge on any atom is 0.158 e. The second-order valence-electron chi connectivity index (χ2n) is 12.1. The minimum absolute atomic E-state index is 0.287. The summed E-state index contributed by atoms with van der Waals surface area (Å²) in [7, 11) is 5.23. The van der Waals surface area contributed by atoms with E-state index in [0.717, 1.165) is 26.0 Å². The molecular weight excluding hydrogens is 449 g/mol. The Morgan fingerprint density at radius 2 is 1.32 bits per heavy atom. The van der Waals surface area contributed by atoms with Crippen molar-refractivity contribution >= 4 is 23.9 Å². The Hall–Kier alpha value is -2.78. The van der Waals surface area contributed by atoms with Crippen molar-refractivity contribution in [2.24, 2.45) is 10.8 Å². The molecule has 0 aliphatic heterocycles. The summed E-state index contributed by atoms with van der Waals surface area (Å²) in [5, 5.41) is 0. The maximum absolute atomic E-state index is 5.96. The largest absolute Gasteiger partial charge is 0.492 e. The summed E-state index contributed by atoms with van der Waals surface area (Å²) in [6, 6.07) is 28.7. The zero-order valence-corrected chi connectivity index (χ0v) is 24.4. The normalized spacial score (nSPS) is 12.9. The van der Waals surface area contributed by atoms with Gasteiger partial charge in [0.2, 0.25) is 0 Å². The molecule has 0 N–H and O–H groups in total. The first-order valence-corrected chi connectivity index (χ1v) is 13.8. The molecule has 0 saturated heterocycles. The highest BCUT2D eigenvalue weighted by Crippen LogP contribution is 2.41. The Morgan fingerprint density at radius 1 is 0.757 bits per heavy atom. The third kappa shape index (κ3) is 7.85. The van der Waals surface area contributed by atoms with Gasteiger partial charge in [-0.3, -0.25) is 0 Å². The molecule has 0 spiro atoms. The summed E-state index contributed by atoms with van der Waals surface area (Å²) in [6.07, 6.45) is 2.14. The quantitative estimate of drug-likeness (QED) is 0.201. The molecule has 196 valence electrons. The number of benzene rings is 3. The second kappa shape index (κ2) is 12.7. The van der Waals surface area contributed by atoms with Crippen molar-refractivity contribution in [3.63, 3.8) is 0 Å². The van der Waals surface area contributed by atoms with E-state index in [1.165, 1.54) is 39.6 Å². The van der Waals surface area contributed by atoms with Gasteiger partial charge in [0.1, 0.15) is 12.4 Å². The molecule has 37 heavy (non-hydrogen) atoms. The minimum Gasteiger partial charge on any atom is -0.492 e. The van der Waals surface area contributed by atoms with E-state index in [1.54, 1.807) is 0 Å². The number of likely N-dealkylation sites (N-methyl/N-ethyl adjacent to an activating group) is 1. The lowest BCUT2D eigenvalue weighted by atomic mass is 9.53. The van der Waals surface area contributed by atoms with E-state index in [4.69, 9.17) is 4.74 Å². The molecule has 0 unspecified atom stereocenters. The molecule has 0 bridgehead atoms. The van der Waals surface area contributed by atoms with Crippen molar-refractivity contribution < 1.29 is 4.74 Å². The Morgan fingerprint density at radius 3 is 1.84 bits per heavy atom. The van der Waals surface area contributed by atoms with Gasteiger partial charge in [0.05, 0.1) is 0 Å². The fourth-order valence-electron chi connectivity index (χ4n) is 4.41. The van der Waals surface area contributed by atoms with Gasteiger partial charge in [-0.2, -0.15) is 0 Å². The minimum atomic E-state index is 0.287. The topological polar surface area (TPSA) is 12.5 Å². The Balaban J connectivity index is 1.94. The number of hydrogen-bond acceptors (Lipinski definition) is 2. The highest BCUT2D eigenvalue weighted by molar-refractivity contribution is 6.53. The average Bonchev–Trinajstić information content (AvgIpc) is 2.87. The van der Waals surface area contributed by atoms with Gasteiger partial charge in [0.25, 0.3) is 0 Å². The lowest BCUT2D eigenvalue weighted by Gasteiger charge is -2.39. The molecule has 0 fully saturated rings. The van der Waals surface area contributed by atoms with Crippen LogP contribution in [0.2, 0.25) is 6.32 Å². The van der Waals surface area contributed by atoms with Crippen molar-refractivity contribution in [2.75, 3.05) is 27.2 Å². The van der Waals surface area contributed by atoms with E-state index in [0.29, 0.717) is 6.61 Å². The molecular formula is C34H46BNO. The summed E-state index contributed by atoms with van der Waals surface area (Å²) in [6.45, 7) is 15.7. The van der Waals surface area contributed by atoms with E-state index in [9.17, 15) is 0 Å². The number of ether oxygens (including phenoxy) is 1. The monoisotopic (exact) mass is 495 g/mol. The van der Waals surface area contributed by atoms with Crippen molar-refractivity contribution in [1.82, 2.24) is 4.90 Å². The van der Waals surface area contributed by atoms with Crippen molar-refractivity contribution in [2.45, 2.75) is 54.3 Å². The molecule has 0 aliphatic carbocycles. The van der Waals surface area contributed by atoms with Crippen LogP contribution in [0.5, 0.6) is 5.75 Å². The highest BCUT2D eigenvalue weighted by atomic mass is 16.5. The number of allylic oxidation sites excluding steroid dienone is 1. The van der Waals surface area contributed by atoms with Gasteiger partial charge in [-0.15, -0.1) is 0 Å². The lowest BCUT2D eigenvalue weighted by molar-refractivity contribution is 0.157. The van der Waals surface area contributed by atoms with Gasteiger partial charge in [0.15, 0.2) is 7.28 Å². The van der Waals surface area contributed by atoms with Crippen LogP contribution in [0.15, 0.2) is 78.9 Å². The highest BCUT2D eigenvalue weighted by Gasteiger charge is 2.32. The van der Waals surface area contributed by atoms with E-state index in [1.807, 2.05) is 0 Å². The smallest absolute Gasteiger partial charge is 0.158 e. The molecule has 0 aliphatic rings. The summed E-state index contributed by atoms with van der Waals surface area (Å²) < 4.78 is 5.96. The second-order valence-corrected chi connectivity index (χ2v) is 12.1. The van der Waals surface area contributed by atoms with Gasteiger partial charge >= 0.3 is 0 Å². The first-order valence-electron chi connectivity index (χ1n) is 13.8. The zero-order chi connectivity index (χ0) is 27.1. The third-order valence-electron chi connectivity index (χ3n) is 8.04. The van der Waals surface area contributed by atoms with Crippen LogP contribution in [0, 0.1) is 10.8 Å². The SMILES string of the molecule is CC/C(=C(\c1ccc(BCC(C)(C)C(C)(C)C)cc1)c1ccc(OCCN(C)C)cc1)c1ccccc1. The van der Waals surface area contributed by atoms with E-state index < -0.39 is 0 Å². The summed E-state index contributed by atoms with van der Waals surface area (Å²) in [5.74, 6) is 0.916. The van der Waals surface area contributed by atoms with Crippen LogP contribution in [0.3, 0.4) is 0 Å². The van der Waals surface area contributed by atoms with Crippen LogP contribution in [0.4, 0.5) is 0 Å². The number of rotatable bonds is 11. The lowest BCUT2D eigenvalue weighted by Crippen LogP contribution is -2.33. The predicted molar refractivity (Wildman–Crippen MR) is 164 cm³/mol. The van der Waals surface area contributed by atoms with Crippen LogP contribution in [0.1, 0.15) is 64.7 Å². The average molecular weight is 496 g/mol. The Labute approximate surface area is 227 Å². The Bertz CT molecular complexity index is 1140. The fraction of sp³-hybridized carbons (Fsp3) is 0.412. The van der Waals surface area contributed by atoms with Gasteiger partial charge in [-0.1, -0.05) is 120 Å². The molecule has 3 rings (SSSR count). The van der Waals surface area contributed by atoms with Crippen molar-refractivity contribution in [1.29, 1.82) is 0 Å².